The topological polar surface area (TPSA) is 56.1 Å². The summed E-state index contributed by atoms with van der Waals surface area (Å²) < 4.78 is 13.0. The quantitative estimate of drug-likeness (QED) is 0.808. The number of hydrogen-bond donors (Lipinski definition) is 1. The van der Waals surface area contributed by atoms with Gasteiger partial charge in [0, 0.05) is 12.5 Å². The van der Waals surface area contributed by atoms with Crippen molar-refractivity contribution in [2.75, 3.05) is 13.1 Å². The van der Waals surface area contributed by atoms with Gasteiger partial charge in [-0.05, 0) is 0 Å². The van der Waals surface area contributed by atoms with Crippen molar-refractivity contribution >= 4 is 18.3 Å². The molecule has 0 aromatic carbocycles. The van der Waals surface area contributed by atoms with E-state index in [2.05, 4.69) is 5.32 Å². The van der Waals surface area contributed by atoms with Crippen LogP contribution in [0.15, 0.2) is 0 Å². The molecule has 6 heteroatoms. The highest BCUT2D eigenvalue weighted by Gasteiger charge is 2.34. The average Bonchev–Trinajstić information content (AvgIpc) is 2.56. The van der Waals surface area contributed by atoms with Gasteiger partial charge in [0.25, 0.3) is 0 Å². The minimum atomic E-state index is -1.06. The highest BCUT2D eigenvalue weighted by atomic mass is 35.5. The van der Waals surface area contributed by atoms with Crippen LogP contribution in [-0.4, -0.2) is 42.2 Å². The first-order chi connectivity index (χ1) is 7.04. The third kappa shape index (κ3) is 3.95. The fourth-order valence-electron chi connectivity index (χ4n) is 1.58. The number of amides is 1. The first kappa shape index (κ1) is 15.1. The number of hydrogen-bond acceptors (Lipinski definition) is 3. The summed E-state index contributed by atoms with van der Waals surface area (Å²) in [6.07, 6.45) is -0.915. The predicted octanol–water partition coefficient (Wildman–Crippen LogP) is 0.869. The first-order valence-electron chi connectivity index (χ1n) is 5.11. The van der Waals surface area contributed by atoms with Gasteiger partial charge in [0.05, 0.1) is 19.2 Å². The number of nitrogens with one attached hydrogen (secondary N) is 1. The van der Waals surface area contributed by atoms with E-state index in [9.17, 15) is 9.18 Å². The standard InChI is InChI=1S/C10H16FN3O.ClH/c1-7(2)13-5-10(15)14-6-8(11)3-9(14)4-12;/h7-9,13H,3,5-6H2,1-2H3;1H/t8-,9-;/m0./s1. The number of rotatable bonds is 3. The van der Waals surface area contributed by atoms with Crippen LogP contribution in [0, 0.1) is 11.3 Å². The lowest BCUT2D eigenvalue weighted by atomic mass is 10.2. The number of nitrogens with zero attached hydrogens (tertiary/aromatic N) is 2. The van der Waals surface area contributed by atoms with Crippen LogP contribution in [0.2, 0.25) is 0 Å². The van der Waals surface area contributed by atoms with Crippen molar-refractivity contribution in [2.45, 2.75) is 38.5 Å². The molecule has 1 rings (SSSR count). The van der Waals surface area contributed by atoms with Crippen molar-refractivity contribution in [3.05, 3.63) is 0 Å². The number of carbonyl (C=O) groups is 1. The molecule has 1 saturated heterocycles. The molecule has 0 spiro atoms. The third-order valence-electron chi connectivity index (χ3n) is 2.38. The normalized spacial score (nSPS) is 24.1. The van der Waals surface area contributed by atoms with Crippen LogP contribution >= 0.6 is 12.4 Å². The molecule has 1 N–H and O–H groups in total. The molecule has 0 bridgehead atoms. The van der Waals surface area contributed by atoms with Crippen LogP contribution in [-0.2, 0) is 4.79 Å². The van der Waals surface area contributed by atoms with Gasteiger partial charge in [-0.1, -0.05) is 13.8 Å². The van der Waals surface area contributed by atoms with E-state index < -0.39 is 12.2 Å². The van der Waals surface area contributed by atoms with Crippen LogP contribution in [0.3, 0.4) is 0 Å². The minimum Gasteiger partial charge on any atom is -0.323 e. The summed E-state index contributed by atoms with van der Waals surface area (Å²) in [5.41, 5.74) is 0. The van der Waals surface area contributed by atoms with Crippen molar-refractivity contribution < 1.29 is 9.18 Å². The summed E-state index contributed by atoms with van der Waals surface area (Å²) in [4.78, 5) is 12.9. The third-order valence-corrected chi connectivity index (χ3v) is 2.38. The van der Waals surface area contributed by atoms with Gasteiger partial charge in [-0.2, -0.15) is 5.26 Å². The first-order valence-corrected chi connectivity index (χ1v) is 5.11. The maximum Gasteiger partial charge on any atom is 0.237 e. The molecule has 0 aromatic rings. The Morgan fingerprint density at radius 2 is 2.31 bits per heavy atom. The molecule has 1 fully saturated rings. The molecule has 2 atom stereocenters. The number of likely N-dealkylation sites (tertiary alicyclic amines) is 1. The summed E-state index contributed by atoms with van der Waals surface area (Å²) in [6.45, 7) is 4.08. The predicted molar refractivity (Wildman–Crippen MR) is 61.0 cm³/mol. The Morgan fingerprint density at radius 1 is 1.69 bits per heavy atom. The van der Waals surface area contributed by atoms with Gasteiger partial charge in [-0.25, -0.2) is 4.39 Å². The number of carbonyl (C=O) groups excluding carboxylic acids is 1. The van der Waals surface area contributed by atoms with Crippen LogP contribution in [0.1, 0.15) is 20.3 Å². The molecule has 1 aliphatic heterocycles. The Hall–Kier alpha value is -0.860. The molecular formula is C10H17ClFN3O. The van der Waals surface area contributed by atoms with E-state index in [4.69, 9.17) is 5.26 Å². The lowest BCUT2D eigenvalue weighted by molar-refractivity contribution is -0.130. The minimum absolute atomic E-state index is 0. The monoisotopic (exact) mass is 249 g/mol. The highest BCUT2D eigenvalue weighted by Crippen LogP contribution is 2.19. The van der Waals surface area contributed by atoms with E-state index in [1.54, 1.807) is 0 Å². The Labute approximate surface area is 101 Å². The molecule has 0 unspecified atom stereocenters. The van der Waals surface area contributed by atoms with Crippen molar-refractivity contribution in [1.82, 2.24) is 10.2 Å². The van der Waals surface area contributed by atoms with Crippen LogP contribution < -0.4 is 5.32 Å². The number of nitriles is 1. The van der Waals surface area contributed by atoms with Crippen LogP contribution in [0.25, 0.3) is 0 Å². The number of halogens is 2. The van der Waals surface area contributed by atoms with Gasteiger partial charge in [0.2, 0.25) is 5.91 Å². The molecule has 1 amide bonds. The van der Waals surface area contributed by atoms with Crippen molar-refractivity contribution in [2.24, 2.45) is 0 Å². The van der Waals surface area contributed by atoms with Gasteiger partial charge in [-0.15, -0.1) is 12.4 Å². The summed E-state index contributed by atoms with van der Waals surface area (Å²) in [5.74, 6) is -0.199. The summed E-state index contributed by atoms with van der Waals surface area (Å²) in [6, 6.07) is 1.56. The molecule has 0 radical (unpaired) electrons. The maximum atomic E-state index is 13.0. The molecule has 0 aliphatic carbocycles. The smallest absolute Gasteiger partial charge is 0.237 e. The fourth-order valence-corrected chi connectivity index (χ4v) is 1.58. The van der Waals surface area contributed by atoms with E-state index in [0.717, 1.165) is 0 Å². The lowest BCUT2D eigenvalue weighted by Crippen LogP contribution is -2.42. The molecule has 1 aliphatic rings. The average molecular weight is 250 g/mol. The SMILES string of the molecule is CC(C)NCC(=O)N1C[C@@H](F)C[C@H]1C#N.Cl. The van der Waals surface area contributed by atoms with E-state index in [-0.39, 0.29) is 43.9 Å². The van der Waals surface area contributed by atoms with Gasteiger partial charge >= 0.3 is 0 Å². The second-order valence-electron chi connectivity index (χ2n) is 4.06. The molecule has 4 nitrogen and oxygen atoms in total. The van der Waals surface area contributed by atoms with E-state index in [1.165, 1.54) is 4.90 Å². The highest BCUT2D eigenvalue weighted by molar-refractivity contribution is 5.85. The fraction of sp³-hybridized carbons (Fsp3) is 0.800. The van der Waals surface area contributed by atoms with Crippen LogP contribution in [0.4, 0.5) is 4.39 Å². The van der Waals surface area contributed by atoms with Gasteiger partial charge in [0.1, 0.15) is 12.2 Å². The second kappa shape index (κ2) is 6.66. The summed E-state index contributed by atoms with van der Waals surface area (Å²) in [5, 5.41) is 11.7. The van der Waals surface area contributed by atoms with Gasteiger partial charge < -0.3 is 10.2 Å². The van der Waals surface area contributed by atoms with Gasteiger partial charge in [-0.3, -0.25) is 4.79 Å². The zero-order valence-electron chi connectivity index (χ0n) is 9.44. The largest absolute Gasteiger partial charge is 0.323 e. The van der Waals surface area contributed by atoms with E-state index >= 15 is 0 Å². The van der Waals surface area contributed by atoms with Crippen molar-refractivity contribution in [3.8, 4) is 6.07 Å². The zero-order valence-corrected chi connectivity index (χ0v) is 10.3. The molecule has 0 aromatic heterocycles. The summed E-state index contributed by atoms with van der Waals surface area (Å²) in [7, 11) is 0. The molecule has 92 valence electrons. The van der Waals surface area contributed by atoms with Crippen LogP contribution in [0.5, 0.6) is 0 Å². The summed E-state index contributed by atoms with van der Waals surface area (Å²) >= 11 is 0. The van der Waals surface area contributed by atoms with Crippen molar-refractivity contribution in [1.29, 1.82) is 5.26 Å². The van der Waals surface area contributed by atoms with Crippen molar-refractivity contribution in [3.63, 3.8) is 0 Å². The number of alkyl halides is 1. The van der Waals surface area contributed by atoms with Gasteiger partial charge in [0.15, 0.2) is 0 Å². The maximum absolute atomic E-state index is 13.0. The Balaban J connectivity index is 0.00000225. The lowest BCUT2D eigenvalue weighted by Gasteiger charge is -2.20. The van der Waals surface area contributed by atoms with E-state index in [1.807, 2.05) is 19.9 Å². The molecule has 1 heterocycles. The zero-order chi connectivity index (χ0) is 11.4. The van der Waals surface area contributed by atoms with E-state index in [0.29, 0.717) is 0 Å². The molecule has 16 heavy (non-hydrogen) atoms. The molecular weight excluding hydrogens is 233 g/mol. The second-order valence-corrected chi connectivity index (χ2v) is 4.06. The Morgan fingerprint density at radius 3 is 2.81 bits per heavy atom. The Kier molecular flexibility index (Phi) is 6.31. The molecule has 0 saturated carbocycles. The Bertz CT molecular complexity index is 280.